The van der Waals surface area contributed by atoms with Gasteiger partial charge in [-0.15, -0.1) is 0 Å². The van der Waals surface area contributed by atoms with E-state index in [2.05, 4.69) is 63.2 Å². The van der Waals surface area contributed by atoms with Gasteiger partial charge < -0.3 is 19.9 Å². The second kappa shape index (κ2) is 15.6. The summed E-state index contributed by atoms with van der Waals surface area (Å²) in [5.74, 6) is 0.705. The maximum Gasteiger partial charge on any atom is 0.304 e. The van der Waals surface area contributed by atoms with Gasteiger partial charge in [0.1, 0.15) is 5.82 Å². The second-order valence-corrected chi connectivity index (χ2v) is 8.68. The molecule has 0 saturated heterocycles. The summed E-state index contributed by atoms with van der Waals surface area (Å²) in [5, 5.41) is 3.40. The van der Waals surface area contributed by atoms with Gasteiger partial charge >= 0.3 is 5.97 Å². The lowest BCUT2D eigenvalue weighted by atomic mass is 10.1. The third-order valence-corrected chi connectivity index (χ3v) is 5.69. The van der Waals surface area contributed by atoms with Crippen molar-refractivity contribution in [1.82, 2.24) is 25.1 Å². The number of hydrogen-bond donors (Lipinski definition) is 2. The molecule has 2 rings (SSSR count). The van der Waals surface area contributed by atoms with Gasteiger partial charge in [-0.3, -0.25) is 9.69 Å². The summed E-state index contributed by atoms with van der Waals surface area (Å²) in [6.45, 7) is 14.6. The van der Waals surface area contributed by atoms with E-state index in [0.29, 0.717) is 0 Å². The molecular weight excluding hydrogens is 414 g/mol. The average molecular weight is 458 g/mol. The highest BCUT2D eigenvalue weighted by atomic mass is 16.6. The predicted molar refractivity (Wildman–Crippen MR) is 133 cm³/mol. The van der Waals surface area contributed by atoms with Crippen molar-refractivity contribution in [3.63, 3.8) is 0 Å². The molecule has 1 unspecified atom stereocenters. The van der Waals surface area contributed by atoms with E-state index in [1.165, 1.54) is 44.0 Å². The van der Waals surface area contributed by atoms with E-state index in [-0.39, 0.29) is 12.2 Å². The fourth-order valence-corrected chi connectivity index (χ4v) is 4.04. The third-order valence-electron chi connectivity index (χ3n) is 5.69. The zero-order chi connectivity index (χ0) is 23.9. The monoisotopic (exact) mass is 457 g/mol. The number of aromatic amines is 1. The number of esters is 1. The molecule has 184 valence electrons. The van der Waals surface area contributed by atoms with Gasteiger partial charge in [0.25, 0.3) is 0 Å². The highest BCUT2D eigenvalue weighted by Crippen LogP contribution is 2.13. The Hall–Kier alpha value is -2.22. The van der Waals surface area contributed by atoms with Crippen molar-refractivity contribution in [2.24, 2.45) is 0 Å². The van der Waals surface area contributed by atoms with Crippen LogP contribution in [0.2, 0.25) is 0 Å². The molecule has 7 nitrogen and oxygen atoms in total. The van der Waals surface area contributed by atoms with Crippen LogP contribution in [0.3, 0.4) is 0 Å². The Bertz CT molecular complexity index is 757. The second-order valence-electron chi connectivity index (χ2n) is 8.68. The number of unbranched alkanes of at least 4 members (excludes halogenated alkanes) is 1. The normalized spacial score (nSPS) is 12.4. The molecule has 2 aromatic rings. The zero-order valence-corrected chi connectivity index (χ0v) is 21.0. The average Bonchev–Trinajstić information content (AvgIpc) is 3.30. The highest BCUT2D eigenvalue weighted by molar-refractivity contribution is 5.66. The number of H-pyrrole nitrogens is 1. The topological polar surface area (TPSA) is 73.5 Å². The summed E-state index contributed by atoms with van der Waals surface area (Å²) in [7, 11) is 0. The number of nitrogens with zero attached hydrogens (tertiary/aromatic N) is 3. The van der Waals surface area contributed by atoms with E-state index in [4.69, 9.17) is 4.74 Å². The Morgan fingerprint density at radius 2 is 1.70 bits per heavy atom. The number of carbonyl (C=O) groups excluding carboxylic acids is 1. The molecule has 0 radical (unpaired) electrons. The molecule has 7 heteroatoms. The van der Waals surface area contributed by atoms with E-state index < -0.39 is 0 Å². The van der Waals surface area contributed by atoms with Crippen LogP contribution in [-0.2, 0) is 29.2 Å². The lowest BCUT2D eigenvalue weighted by Crippen LogP contribution is -2.37. The SMILES string of the molecule is CCCN(CCC)CCCCN(Cc1ccc(CNCc2ncc[nH]2)cc1)C(C)OC(C)=O. The minimum Gasteiger partial charge on any atom is -0.447 e. The van der Waals surface area contributed by atoms with Gasteiger partial charge in [0.2, 0.25) is 0 Å². The molecule has 33 heavy (non-hydrogen) atoms. The number of imidazole rings is 1. The first kappa shape index (κ1) is 27.0. The number of carbonyl (C=O) groups is 1. The maximum atomic E-state index is 11.5. The molecule has 1 atom stereocenters. The van der Waals surface area contributed by atoms with Crippen molar-refractivity contribution in [3.05, 3.63) is 53.6 Å². The lowest BCUT2D eigenvalue weighted by Gasteiger charge is -2.29. The first-order valence-electron chi connectivity index (χ1n) is 12.4. The minimum atomic E-state index is -0.237. The van der Waals surface area contributed by atoms with Crippen molar-refractivity contribution in [1.29, 1.82) is 0 Å². The third kappa shape index (κ3) is 11.0. The molecule has 0 aliphatic heterocycles. The van der Waals surface area contributed by atoms with E-state index in [1.807, 2.05) is 13.1 Å². The molecule has 1 heterocycles. The molecule has 1 aromatic carbocycles. The van der Waals surface area contributed by atoms with Crippen molar-refractivity contribution in [3.8, 4) is 0 Å². The molecule has 0 aliphatic carbocycles. The van der Waals surface area contributed by atoms with Crippen LogP contribution < -0.4 is 5.32 Å². The summed E-state index contributed by atoms with van der Waals surface area (Å²) < 4.78 is 5.51. The van der Waals surface area contributed by atoms with Crippen LogP contribution in [0.1, 0.15) is 70.3 Å². The highest BCUT2D eigenvalue weighted by Gasteiger charge is 2.17. The van der Waals surface area contributed by atoms with Crippen LogP contribution in [0, 0.1) is 0 Å². The van der Waals surface area contributed by atoms with Gasteiger partial charge in [0.15, 0.2) is 6.23 Å². The number of rotatable bonds is 17. The lowest BCUT2D eigenvalue weighted by molar-refractivity contribution is -0.155. The first-order chi connectivity index (χ1) is 16.0. The Morgan fingerprint density at radius 1 is 1.03 bits per heavy atom. The van der Waals surface area contributed by atoms with E-state index in [9.17, 15) is 4.79 Å². The molecule has 2 N–H and O–H groups in total. The summed E-state index contributed by atoms with van der Waals surface area (Å²) in [6.07, 6.45) is 8.00. The summed E-state index contributed by atoms with van der Waals surface area (Å²) in [5.41, 5.74) is 2.46. The number of hydrogen-bond acceptors (Lipinski definition) is 6. The van der Waals surface area contributed by atoms with Crippen molar-refractivity contribution in [2.75, 3.05) is 26.2 Å². The van der Waals surface area contributed by atoms with Gasteiger partial charge in [-0.2, -0.15) is 0 Å². The van der Waals surface area contributed by atoms with Crippen molar-refractivity contribution < 1.29 is 9.53 Å². The molecule has 0 fully saturated rings. The van der Waals surface area contributed by atoms with Crippen LogP contribution in [0.5, 0.6) is 0 Å². The Kier molecular flexibility index (Phi) is 12.8. The molecule has 0 spiro atoms. The quantitative estimate of drug-likeness (QED) is 0.209. The number of nitrogens with one attached hydrogen (secondary N) is 2. The predicted octanol–water partition coefficient (Wildman–Crippen LogP) is 4.31. The standard InChI is InChI=1S/C26H43N5O2/c1-5-15-30(16-6-2)17-7-8-18-31(22(3)33-23(4)32)21-25-11-9-24(10-12-25)19-27-20-26-28-13-14-29-26/h9-14,22,27H,5-8,15-21H2,1-4H3,(H,28,29). The fourth-order valence-electron chi connectivity index (χ4n) is 4.04. The van der Waals surface area contributed by atoms with Crippen molar-refractivity contribution in [2.45, 2.75) is 79.2 Å². The molecule has 0 aliphatic rings. The van der Waals surface area contributed by atoms with E-state index >= 15 is 0 Å². The van der Waals surface area contributed by atoms with Crippen LogP contribution >= 0.6 is 0 Å². The smallest absolute Gasteiger partial charge is 0.304 e. The van der Waals surface area contributed by atoms with Gasteiger partial charge in [-0.1, -0.05) is 38.1 Å². The van der Waals surface area contributed by atoms with Gasteiger partial charge in [-0.05, 0) is 63.4 Å². The van der Waals surface area contributed by atoms with E-state index in [1.54, 1.807) is 6.20 Å². The fraction of sp³-hybridized carbons (Fsp3) is 0.615. The Balaban J connectivity index is 1.84. The number of aromatic nitrogens is 2. The number of ether oxygens (including phenoxy) is 1. The van der Waals surface area contributed by atoms with Crippen molar-refractivity contribution >= 4 is 5.97 Å². The molecule has 1 aromatic heterocycles. The summed E-state index contributed by atoms with van der Waals surface area (Å²) in [6, 6.07) is 8.66. The van der Waals surface area contributed by atoms with Crippen LogP contribution in [-0.4, -0.2) is 58.1 Å². The summed E-state index contributed by atoms with van der Waals surface area (Å²) in [4.78, 5) is 23.7. The Morgan fingerprint density at radius 3 is 2.30 bits per heavy atom. The minimum absolute atomic E-state index is 0.234. The first-order valence-corrected chi connectivity index (χ1v) is 12.4. The van der Waals surface area contributed by atoms with Crippen LogP contribution in [0.15, 0.2) is 36.7 Å². The molecule has 0 bridgehead atoms. The zero-order valence-electron chi connectivity index (χ0n) is 21.0. The Labute approximate surface area is 199 Å². The van der Waals surface area contributed by atoms with E-state index in [0.717, 1.165) is 51.4 Å². The van der Waals surface area contributed by atoms with Crippen LogP contribution in [0.25, 0.3) is 0 Å². The molecular formula is C26H43N5O2. The molecule has 0 amide bonds. The number of benzene rings is 1. The molecule has 0 saturated carbocycles. The van der Waals surface area contributed by atoms with Crippen LogP contribution in [0.4, 0.5) is 0 Å². The van der Waals surface area contributed by atoms with Gasteiger partial charge in [0, 0.05) is 39.0 Å². The van der Waals surface area contributed by atoms with Gasteiger partial charge in [-0.25, -0.2) is 4.98 Å². The van der Waals surface area contributed by atoms with Gasteiger partial charge in [0.05, 0.1) is 6.54 Å². The maximum absolute atomic E-state index is 11.5. The summed E-state index contributed by atoms with van der Waals surface area (Å²) >= 11 is 0. The largest absolute Gasteiger partial charge is 0.447 e.